The standard InChI is InChI=1S/C13H16N4S/c1-2-6-14-8-11-3-4-12(16-9-11)18-13-5-7-15-10-17-13/h3-5,7,9-10,14H,2,6,8H2,1H3. The molecule has 4 nitrogen and oxygen atoms in total. The fourth-order valence-corrected chi connectivity index (χ4v) is 2.12. The Hall–Kier alpha value is -1.46. The summed E-state index contributed by atoms with van der Waals surface area (Å²) in [5.74, 6) is 0. The lowest BCUT2D eigenvalue weighted by atomic mass is 10.3. The van der Waals surface area contributed by atoms with E-state index in [9.17, 15) is 0 Å². The highest BCUT2D eigenvalue weighted by molar-refractivity contribution is 7.99. The van der Waals surface area contributed by atoms with E-state index in [1.807, 2.05) is 18.3 Å². The molecule has 0 aliphatic carbocycles. The van der Waals surface area contributed by atoms with Gasteiger partial charge in [-0.1, -0.05) is 13.0 Å². The van der Waals surface area contributed by atoms with Crippen LogP contribution in [-0.4, -0.2) is 21.5 Å². The smallest absolute Gasteiger partial charge is 0.116 e. The molecular weight excluding hydrogens is 244 g/mol. The third-order valence-corrected chi connectivity index (χ3v) is 3.22. The van der Waals surface area contributed by atoms with E-state index < -0.39 is 0 Å². The van der Waals surface area contributed by atoms with Crippen LogP contribution in [-0.2, 0) is 6.54 Å². The molecule has 0 saturated heterocycles. The molecule has 0 spiro atoms. The van der Waals surface area contributed by atoms with E-state index in [0.717, 1.165) is 29.6 Å². The number of nitrogens with zero attached hydrogens (tertiary/aromatic N) is 3. The fourth-order valence-electron chi connectivity index (χ4n) is 1.43. The van der Waals surface area contributed by atoms with Crippen molar-refractivity contribution in [3.8, 4) is 0 Å². The average molecular weight is 260 g/mol. The van der Waals surface area contributed by atoms with Crippen LogP contribution in [0.1, 0.15) is 18.9 Å². The molecule has 2 rings (SSSR count). The number of hydrogen-bond donors (Lipinski definition) is 1. The topological polar surface area (TPSA) is 50.7 Å². The summed E-state index contributed by atoms with van der Waals surface area (Å²) >= 11 is 1.54. The minimum Gasteiger partial charge on any atom is -0.313 e. The van der Waals surface area contributed by atoms with Gasteiger partial charge in [-0.05, 0) is 42.4 Å². The van der Waals surface area contributed by atoms with E-state index in [-0.39, 0.29) is 0 Å². The summed E-state index contributed by atoms with van der Waals surface area (Å²) in [6, 6.07) is 6.00. The quantitative estimate of drug-likeness (QED) is 0.639. The Morgan fingerprint density at radius 2 is 2.06 bits per heavy atom. The zero-order valence-electron chi connectivity index (χ0n) is 10.3. The summed E-state index contributed by atoms with van der Waals surface area (Å²) in [6.07, 6.45) is 6.34. The largest absolute Gasteiger partial charge is 0.313 e. The van der Waals surface area contributed by atoms with Crippen LogP contribution < -0.4 is 5.32 Å². The molecule has 0 bridgehead atoms. The Morgan fingerprint density at radius 3 is 2.72 bits per heavy atom. The second kappa shape index (κ2) is 7.08. The summed E-state index contributed by atoms with van der Waals surface area (Å²) in [7, 11) is 0. The van der Waals surface area contributed by atoms with Crippen LogP contribution in [0.25, 0.3) is 0 Å². The Bertz CT molecular complexity index is 458. The minimum absolute atomic E-state index is 0.874. The molecule has 0 aliphatic rings. The Kier molecular flexibility index (Phi) is 5.11. The lowest BCUT2D eigenvalue weighted by Crippen LogP contribution is -2.13. The highest BCUT2D eigenvalue weighted by Crippen LogP contribution is 2.22. The minimum atomic E-state index is 0.874. The van der Waals surface area contributed by atoms with E-state index in [1.165, 1.54) is 5.56 Å². The molecule has 0 aromatic carbocycles. The van der Waals surface area contributed by atoms with Gasteiger partial charge in [0.25, 0.3) is 0 Å². The van der Waals surface area contributed by atoms with Gasteiger partial charge in [0.05, 0.1) is 0 Å². The van der Waals surface area contributed by atoms with Gasteiger partial charge in [0.15, 0.2) is 0 Å². The number of hydrogen-bond acceptors (Lipinski definition) is 5. The fraction of sp³-hybridized carbons (Fsp3) is 0.308. The number of pyridine rings is 1. The van der Waals surface area contributed by atoms with Crippen molar-refractivity contribution in [1.82, 2.24) is 20.3 Å². The summed E-state index contributed by atoms with van der Waals surface area (Å²) < 4.78 is 0. The van der Waals surface area contributed by atoms with Crippen molar-refractivity contribution in [3.05, 3.63) is 42.5 Å². The first-order chi connectivity index (χ1) is 8.88. The lowest BCUT2D eigenvalue weighted by molar-refractivity contribution is 0.673. The van der Waals surface area contributed by atoms with Crippen molar-refractivity contribution in [3.63, 3.8) is 0 Å². The highest BCUT2D eigenvalue weighted by Gasteiger charge is 2.00. The van der Waals surface area contributed by atoms with Gasteiger partial charge >= 0.3 is 0 Å². The molecule has 0 atom stereocenters. The van der Waals surface area contributed by atoms with E-state index >= 15 is 0 Å². The van der Waals surface area contributed by atoms with Crippen LogP contribution in [0.3, 0.4) is 0 Å². The maximum Gasteiger partial charge on any atom is 0.116 e. The first-order valence-corrected chi connectivity index (χ1v) is 6.79. The van der Waals surface area contributed by atoms with E-state index in [0.29, 0.717) is 0 Å². The molecule has 5 heteroatoms. The second-order valence-corrected chi connectivity index (χ2v) is 4.87. The Labute approximate surface area is 111 Å². The Balaban J connectivity index is 1.91. The van der Waals surface area contributed by atoms with Gasteiger partial charge in [-0.3, -0.25) is 0 Å². The molecule has 1 N–H and O–H groups in total. The Morgan fingerprint density at radius 1 is 1.17 bits per heavy atom. The first kappa shape index (κ1) is 13.0. The summed E-state index contributed by atoms with van der Waals surface area (Å²) in [4.78, 5) is 12.5. The number of nitrogens with one attached hydrogen (secondary N) is 1. The molecule has 0 amide bonds. The van der Waals surface area contributed by atoms with Crippen LogP contribution in [0.15, 0.2) is 47.0 Å². The zero-order valence-corrected chi connectivity index (χ0v) is 11.2. The predicted molar refractivity (Wildman–Crippen MR) is 72.4 cm³/mol. The van der Waals surface area contributed by atoms with Gasteiger partial charge < -0.3 is 5.32 Å². The molecule has 0 radical (unpaired) electrons. The van der Waals surface area contributed by atoms with Crippen LogP contribution in [0.2, 0.25) is 0 Å². The van der Waals surface area contributed by atoms with E-state index in [2.05, 4.69) is 33.3 Å². The SMILES string of the molecule is CCCNCc1ccc(Sc2ccncn2)nc1. The van der Waals surface area contributed by atoms with Crippen molar-refractivity contribution < 1.29 is 0 Å². The van der Waals surface area contributed by atoms with Gasteiger partial charge in [-0.25, -0.2) is 15.0 Å². The van der Waals surface area contributed by atoms with Gasteiger partial charge in [0.1, 0.15) is 16.4 Å². The van der Waals surface area contributed by atoms with Gasteiger partial charge in [0, 0.05) is 18.9 Å². The molecule has 18 heavy (non-hydrogen) atoms. The van der Waals surface area contributed by atoms with Crippen LogP contribution >= 0.6 is 11.8 Å². The third-order valence-electron chi connectivity index (χ3n) is 2.32. The van der Waals surface area contributed by atoms with Gasteiger partial charge in [-0.2, -0.15) is 0 Å². The van der Waals surface area contributed by atoms with Crippen molar-refractivity contribution >= 4 is 11.8 Å². The monoisotopic (exact) mass is 260 g/mol. The molecule has 2 aromatic heterocycles. The van der Waals surface area contributed by atoms with Crippen molar-refractivity contribution in [2.24, 2.45) is 0 Å². The number of aromatic nitrogens is 3. The summed E-state index contributed by atoms with van der Waals surface area (Å²) in [5.41, 5.74) is 1.20. The van der Waals surface area contributed by atoms with Gasteiger partial charge in [-0.15, -0.1) is 0 Å². The van der Waals surface area contributed by atoms with Gasteiger partial charge in [0.2, 0.25) is 0 Å². The van der Waals surface area contributed by atoms with E-state index in [1.54, 1.807) is 24.3 Å². The van der Waals surface area contributed by atoms with E-state index in [4.69, 9.17) is 0 Å². The molecule has 0 saturated carbocycles. The molecule has 94 valence electrons. The molecule has 0 aliphatic heterocycles. The molecule has 2 aromatic rings. The summed E-state index contributed by atoms with van der Waals surface area (Å²) in [5, 5.41) is 5.22. The van der Waals surface area contributed by atoms with Crippen molar-refractivity contribution in [2.45, 2.75) is 29.9 Å². The first-order valence-electron chi connectivity index (χ1n) is 5.98. The molecule has 0 fully saturated rings. The van der Waals surface area contributed by atoms with Crippen molar-refractivity contribution in [1.29, 1.82) is 0 Å². The maximum atomic E-state index is 4.42. The second-order valence-electron chi connectivity index (χ2n) is 3.83. The third kappa shape index (κ3) is 4.09. The predicted octanol–water partition coefficient (Wildman–Crippen LogP) is 2.52. The molecule has 2 heterocycles. The van der Waals surface area contributed by atoms with Crippen LogP contribution in [0.4, 0.5) is 0 Å². The molecule has 0 unspecified atom stereocenters. The van der Waals surface area contributed by atoms with Crippen molar-refractivity contribution in [2.75, 3.05) is 6.54 Å². The number of rotatable bonds is 6. The maximum absolute atomic E-state index is 4.42. The van der Waals surface area contributed by atoms with Crippen LogP contribution in [0, 0.1) is 0 Å². The molecular formula is C13H16N4S. The van der Waals surface area contributed by atoms with Crippen LogP contribution in [0.5, 0.6) is 0 Å². The zero-order chi connectivity index (χ0) is 12.6. The average Bonchev–Trinajstić information content (AvgIpc) is 2.42. The highest BCUT2D eigenvalue weighted by atomic mass is 32.2. The lowest BCUT2D eigenvalue weighted by Gasteiger charge is -2.04. The normalized spacial score (nSPS) is 10.5. The summed E-state index contributed by atoms with van der Waals surface area (Å²) in [6.45, 7) is 4.07.